The van der Waals surface area contributed by atoms with E-state index >= 15 is 0 Å². The Bertz CT molecular complexity index is 343. The van der Waals surface area contributed by atoms with E-state index in [1.807, 2.05) is 12.1 Å². The zero-order valence-electron chi connectivity index (χ0n) is 10.6. The van der Waals surface area contributed by atoms with Crippen molar-refractivity contribution in [3.63, 3.8) is 0 Å². The van der Waals surface area contributed by atoms with Crippen LogP contribution in [0.2, 0.25) is 0 Å². The number of halogens is 1. The average molecular weight is 235 g/mol. The summed E-state index contributed by atoms with van der Waals surface area (Å²) in [7, 11) is 0. The second-order valence-corrected chi connectivity index (χ2v) is 5.35. The SMILES string of the molecule is CC1CCC(CNCc2ccccc2F)CC1. The van der Waals surface area contributed by atoms with Gasteiger partial charge < -0.3 is 5.32 Å². The van der Waals surface area contributed by atoms with Gasteiger partial charge in [0.25, 0.3) is 0 Å². The van der Waals surface area contributed by atoms with Gasteiger partial charge in [-0.05, 0) is 37.3 Å². The molecule has 0 saturated heterocycles. The maximum Gasteiger partial charge on any atom is 0.127 e. The molecule has 0 spiro atoms. The highest BCUT2D eigenvalue weighted by atomic mass is 19.1. The Kier molecular flexibility index (Phi) is 4.55. The molecule has 1 aromatic carbocycles. The van der Waals surface area contributed by atoms with E-state index in [0.29, 0.717) is 6.54 Å². The molecule has 2 heteroatoms. The van der Waals surface area contributed by atoms with Crippen molar-refractivity contribution < 1.29 is 4.39 Å². The molecule has 2 rings (SSSR count). The quantitative estimate of drug-likeness (QED) is 0.838. The van der Waals surface area contributed by atoms with Crippen LogP contribution in [0.25, 0.3) is 0 Å². The van der Waals surface area contributed by atoms with Gasteiger partial charge in [-0.25, -0.2) is 4.39 Å². The van der Waals surface area contributed by atoms with Crippen molar-refractivity contribution in [2.24, 2.45) is 11.8 Å². The number of nitrogens with one attached hydrogen (secondary N) is 1. The van der Waals surface area contributed by atoms with Gasteiger partial charge in [-0.2, -0.15) is 0 Å². The van der Waals surface area contributed by atoms with Crippen molar-refractivity contribution in [1.29, 1.82) is 0 Å². The minimum absolute atomic E-state index is 0.0998. The van der Waals surface area contributed by atoms with Crippen molar-refractivity contribution >= 4 is 0 Å². The molecule has 0 bridgehead atoms. The van der Waals surface area contributed by atoms with E-state index in [4.69, 9.17) is 0 Å². The summed E-state index contributed by atoms with van der Waals surface area (Å²) in [4.78, 5) is 0. The molecule has 1 N–H and O–H groups in total. The molecule has 1 aliphatic carbocycles. The molecule has 0 aliphatic heterocycles. The number of hydrogen-bond acceptors (Lipinski definition) is 1. The van der Waals surface area contributed by atoms with Crippen LogP contribution in [0.4, 0.5) is 4.39 Å². The van der Waals surface area contributed by atoms with Crippen LogP contribution in [-0.2, 0) is 6.54 Å². The maximum absolute atomic E-state index is 13.4. The fourth-order valence-electron chi connectivity index (χ4n) is 2.59. The first-order chi connectivity index (χ1) is 8.25. The van der Waals surface area contributed by atoms with E-state index in [0.717, 1.165) is 23.9 Å². The summed E-state index contributed by atoms with van der Waals surface area (Å²) in [5.74, 6) is 1.59. The molecular weight excluding hydrogens is 213 g/mol. The first-order valence-electron chi connectivity index (χ1n) is 6.70. The monoisotopic (exact) mass is 235 g/mol. The first kappa shape index (κ1) is 12.6. The fraction of sp³-hybridized carbons (Fsp3) is 0.600. The van der Waals surface area contributed by atoms with Crippen molar-refractivity contribution in [2.75, 3.05) is 6.54 Å². The van der Waals surface area contributed by atoms with Gasteiger partial charge >= 0.3 is 0 Å². The van der Waals surface area contributed by atoms with E-state index in [-0.39, 0.29) is 5.82 Å². The Morgan fingerprint density at radius 1 is 1.18 bits per heavy atom. The van der Waals surface area contributed by atoms with Crippen LogP contribution in [0.5, 0.6) is 0 Å². The summed E-state index contributed by atoms with van der Waals surface area (Å²) >= 11 is 0. The molecule has 0 unspecified atom stereocenters. The highest BCUT2D eigenvalue weighted by molar-refractivity contribution is 5.16. The van der Waals surface area contributed by atoms with E-state index in [1.54, 1.807) is 6.07 Å². The van der Waals surface area contributed by atoms with Gasteiger partial charge in [-0.3, -0.25) is 0 Å². The molecular formula is C15H22FN. The second kappa shape index (κ2) is 6.15. The molecule has 0 radical (unpaired) electrons. The molecule has 0 aromatic heterocycles. The molecule has 0 heterocycles. The van der Waals surface area contributed by atoms with E-state index in [1.165, 1.54) is 31.7 Å². The molecule has 1 nitrogen and oxygen atoms in total. The summed E-state index contributed by atoms with van der Waals surface area (Å²) < 4.78 is 13.4. The van der Waals surface area contributed by atoms with Gasteiger partial charge in [0.15, 0.2) is 0 Å². The molecule has 94 valence electrons. The summed E-state index contributed by atoms with van der Waals surface area (Å²) in [5.41, 5.74) is 0.775. The van der Waals surface area contributed by atoms with Crippen molar-refractivity contribution in [1.82, 2.24) is 5.32 Å². The van der Waals surface area contributed by atoms with Crippen LogP contribution in [0.1, 0.15) is 38.2 Å². The fourth-order valence-corrected chi connectivity index (χ4v) is 2.59. The molecule has 17 heavy (non-hydrogen) atoms. The summed E-state index contributed by atoms with van der Waals surface area (Å²) in [6.45, 7) is 4.02. The minimum atomic E-state index is -0.0998. The predicted molar refractivity (Wildman–Crippen MR) is 69.2 cm³/mol. The third-order valence-electron chi connectivity index (χ3n) is 3.84. The zero-order chi connectivity index (χ0) is 12.1. The van der Waals surface area contributed by atoms with E-state index < -0.39 is 0 Å². The van der Waals surface area contributed by atoms with E-state index in [2.05, 4.69) is 12.2 Å². The average Bonchev–Trinajstić information content (AvgIpc) is 2.34. The lowest BCUT2D eigenvalue weighted by molar-refractivity contribution is 0.281. The van der Waals surface area contributed by atoms with Crippen LogP contribution < -0.4 is 5.32 Å². The first-order valence-corrected chi connectivity index (χ1v) is 6.70. The number of benzene rings is 1. The lowest BCUT2D eigenvalue weighted by Gasteiger charge is -2.26. The molecule has 1 fully saturated rings. The third-order valence-corrected chi connectivity index (χ3v) is 3.84. The Morgan fingerprint density at radius 3 is 2.59 bits per heavy atom. The highest BCUT2D eigenvalue weighted by Gasteiger charge is 2.17. The van der Waals surface area contributed by atoms with Gasteiger partial charge in [-0.1, -0.05) is 38.0 Å². The molecule has 0 amide bonds. The summed E-state index contributed by atoms with van der Waals surface area (Å²) in [6, 6.07) is 7.01. The summed E-state index contributed by atoms with van der Waals surface area (Å²) in [5, 5.41) is 3.39. The molecule has 0 atom stereocenters. The minimum Gasteiger partial charge on any atom is -0.312 e. The Hall–Kier alpha value is -0.890. The lowest BCUT2D eigenvalue weighted by atomic mass is 9.83. The van der Waals surface area contributed by atoms with Crippen molar-refractivity contribution in [2.45, 2.75) is 39.2 Å². The predicted octanol–water partition coefficient (Wildman–Crippen LogP) is 3.74. The number of hydrogen-bond donors (Lipinski definition) is 1. The van der Waals surface area contributed by atoms with Crippen LogP contribution in [0.15, 0.2) is 24.3 Å². The summed E-state index contributed by atoms with van der Waals surface area (Å²) in [6.07, 6.45) is 5.36. The lowest BCUT2D eigenvalue weighted by Crippen LogP contribution is -2.26. The Labute approximate surface area is 103 Å². The van der Waals surface area contributed by atoms with Crippen molar-refractivity contribution in [3.05, 3.63) is 35.6 Å². The van der Waals surface area contributed by atoms with Gasteiger partial charge in [-0.15, -0.1) is 0 Å². The van der Waals surface area contributed by atoms with Crippen LogP contribution in [-0.4, -0.2) is 6.54 Å². The van der Waals surface area contributed by atoms with Crippen LogP contribution >= 0.6 is 0 Å². The second-order valence-electron chi connectivity index (χ2n) is 5.35. The van der Waals surface area contributed by atoms with Gasteiger partial charge in [0.05, 0.1) is 0 Å². The molecule has 1 aromatic rings. The normalized spacial score (nSPS) is 24.8. The maximum atomic E-state index is 13.4. The van der Waals surface area contributed by atoms with Gasteiger partial charge in [0.2, 0.25) is 0 Å². The Morgan fingerprint density at radius 2 is 1.88 bits per heavy atom. The van der Waals surface area contributed by atoms with Gasteiger partial charge in [0.1, 0.15) is 5.82 Å². The zero-order valence-corrected chi connectivity index (χ0v) is 10.6. The molecule has 1 saturated carbocycles. The molecule has 1 aliphatic rings. The number of rotatable bonds is 4. The highest BCUT2D eigenvalue weighted by Crippen LogP contribution is 2.27. The van der Waals surface area contributed by atoms with Crippen molar-refractivity contribution in [3.8, 4) is 0 Å². The third kappa shape index (κ3) is 3.81. The standard InChI is InChI=1S/C15H22FN/c1-12-6-8-13(9-7-12)10-17-11-14-4-2-3-5-15(14)16/h2-5,12-13,17H,6-11H2,1H3. The van der Waals surface area contributed by atoms with E-state index in [9.17, 15) is 4.39 Å². The Balaban J connectivity index is 1.71. The smallest absolute Gasteiger partial charge is 0.127 e. The topological polar surface area (TPSA) is 12.0 Å². The van der Waals surface area contributed by atoms with Gasteiger partial charge in [0, 0.05) is 12.1 Å². The largest absolute Gasteiger partial charge is 0.312 e. The van der Waals surface area contributed by atoms with Crippen LogP contribution in [0, 0.1) is 17.7 Å². The van der Waals surface area contributed by atoms with Crippen LogP contribution in [0.3, 0.4) is 0 Å².